The summed E-state index contributed by atoms with van der Waals surface area (Å²) >= 11 is 0. The number of hydrogen-bond acceptors (Lipinski definition) is 4. The molecule has 11 heteroatoms. The molecule has 45 heavy (non-hydrogen) atoms. The fraction of sp³-hybridized carbons (Fsp3) is 0.206. The van der Waals surface area contributed by atoms with Crippen molar-refractivity contribution >= 4 is 22.6 Å². The van der Waals surface area contributed by atoms with Crippen LogP contribution in [0.5, 0.6) is 0 Å². The van der Waals surface area contributed by atoms with Crippen LogP contribution in [0.15, 0.2) is 73.1 Å². The van der Waals surface area contributed by atoms with Crippen LogP contribution in [-0.2, 0) is 46.5 Å². The SMILES string of the molecule is O=C(NCc1cc(-c2ccc3ncnc(NCc4ccccc4)c3c2)ccc1F)c1c(CF)c(CF)c(CF)c(CF)c1CF. The number of carbonyl (C=O) groups is 1. The molecule has 0 atom stereocenters. The molecule has 5 rings (SSSR count). The Labute approximate surface area is 255 Å². The Bertz CT molecular complexity index is 1800. The molecule has 0 spiro atoms. The summed E-state index contributed by atoms with van der Waals surface area (Å²) in [5.74, 6) is -1.12. The van der Waals surface area contributed by atoms with Gasteiger partial charge in [-0.1, -0.05) is 42.5 Å². The molecule has 1 heterocycles. The quantitative estimate of drug-likeness (QED) is 0.137. The molecule has 0 aliphatic rings. The number of nitrogens with one attached hydrogen (secondary N) is 2. The van der Waals surface area contributed by atoms with Gasteiger partial charge in [-0.2, -0.15) is 0 Å². The fourth-order valence-corrected chi connectivity index (χ4v) is 5.40. The molecule has 232 valence electrons. The molecule has 0 unspecified atom stereocenters. The number of amides is 1. The van der Waals surface area contributed by atoms with Crippen LogP contribution in [0, 0.1) is 5.82 Å². The van der Waals surface area contributed by atoms with E-state index in [1.54, 1.807) is 18.2 Å². The Morgan fingerprint density at radius 2 is 1.27 bits per heavy atom. The Morgan fingerprint density at radius 3 is 1.91 bits per heavy atom. The molecular weight excluding hydrogens is 594 g/mol. The molecule has 0 radical (unpaired) electrons. The summed E-state index contributed by atoms with van der Waals surface area (Å²) < 4.78 is 84.3. The van der Waals surface area contributed by atoms with Gasteiger partial charge in [0.2, 0.25) is 0 Å². The second-order valence-electron chi connectivity index (χ2n) is 10.2. The van der Waals surface area contributed by atoms with E-state index in [4.69, 9.17) is 0 Å². The van der Waals surface area contributed by atoms with Gasteiger partial charge in [0.15, 0.2) is 0 Å². The molecule has 5 nitrogen and oxygen atoms in total. The first-order valence-electron chi connectivity index (χ1n) is 14.0. The molecule has 0 bridgehead atoms. The van der Waals surface area contributed by atoms with Gasteiger partial charge in [-0.05, 0) is 57.6 Å². The van der Waals surface area contributed by atoms with Crippen molar-refractivity contribution in [3.8, 4) is 11.1 Å². The molecule has 5 aromatic rings. The van der Waals surface area contributed by atoms with Crippen LogP contribution in [-0.4, -0.2) is 15.9 Å². The van der Waals surface area contributed by atoms with Gasteiger partial charge in [-0.3, -0.25) is 4.79 Å². The van der Waals surface area contributed by atoms with E-state index in [1.807, 2.05) is 36.4 Å². The van der Waals surface area contributed by atoms with Gasteiger partial charge in [-0.15, -0.1) is 0 Å². The molecular formula is C34H28F6N4O. The average molecular weight is 623 g/mol. The molecule has 0 aliphatic heterocycles. The summed E-state index contributed by atoms with van der Waals surface area (Å²) in [4.78, 5) is 21.9. The van der Waals surface area contributed by atoms with Crippen molar-refractivity contribution in [1.82, 2.24) is 15.3 Å². The van der Waals surface area contributed by atoms with Gasteiger partial charge in [0.25, 0.3) is 5.91 Å². The van der Waals surface area contributed by atoms with Crippen LogP contribution in [0.2, 0.25) is 0 Å². The molecule has 2 N–H and O–H groups in total. The van der Waals surface area contributed by atoms with Crippen molar-refractivity contribution in [2.24, 2.45) is 0 Å². The number of nitrogens with zero attached hydrogens (tertiary/aromatic N) is 2. The zero-order chi connectivity index (χ0) is 31.9. The largest absolute Gasteiger partial charge is 0.365 e. The summed E-state index contributed by atoms with van der Waals surface area (Å²) in [6, 6.07) is 19.5. The van der Waals surface area contributed by atoms with Gasteiger partial charge in [0, 0.05) is 35.2 Å². The van der Waals surface area contributed by atoms with E-state index >= 15 is 0 Å². The lowest BCUT2D eigenvalue weighted by Crippen LogP contribution is -2.27. The number of fused-ring (bicyclic) bond motifs is 1. The Morgan fingerprint density at radius 1 is 0.667 bits per heavy atom. The van der Waals surface area contributed by atoms with Gasteiger partial charge >= 0.3 is 0 Å². The smallest absolute Gasteiger partial charge is 0.252 e. The first-order chi connectivity index (χ1) is 21.9. The number of rotatable bonds is 12. The number of hydrogen-bond donors (Lipinski definition) is 2. The number of aromatic nitrogens is 2. The zero-order valence-corrected chi connectivity index (χ0v) is 23.9. The monoisotopic (exact) mass is 622 g/mol. The number of halogens is 6. The first-order valence-corrected chi connectivity index (χ1v) is 14.0. The molecule has 4 aromatic carbocycles. The van der Waals surface area contributed by atoms with Crippen molar-refractivity contribution in [2.75, 3.05) is 5.32 Å². The lowest BCUT2D eigenvalue weighted by molar-refractivity contribution is 0.0946. The minimum atomic E-state index is -1.41. The van der Waals surface area contributed by atoms with E-state index in [1.165, 1.54) is 18.5 Å². The van der Waals surface area contributed by atoms with Gasteiger partial charge in [-0.25, -0.2) is 36.3 Å². The van der Waals surface area contributed by atoms with E-state index in [2.05, 4.69) is 20.6 Å². The third kappa shape index (κ3) is 6.47. The Balaban J connectivity index is 1.43. The summed E-state index contributed by atoms with van der Waals surface area (Å²) in [5.41, 5.74) is -0.193. The van der Waals surface area contributed by atoms with Crippen LogP contribution >= 0.6 is 0 Å². The lowest BCUT2D eigenvalue weighted by atomic mass is 9.87. The molecule has 0 saturated carbocycles. The zero-order valence-electron chi connectivity index (χ0n) is 23.9. The van der Waals surface area contributed by atoms with Crippen molar-refractivity contribution in [3.05, 3.63) is 123 Å². The maximum Gasteiger partial charge on any atom is 0.252 e. The lowest BCUT2D eigenvalue weighted by Gasteiger charge is -2.21. The summed E-state index contributed by atoms with van der Waals surface area (Å²) in [5, 5.41) is 6.46. The standard InChI is InChI=1S/C34H28F6N4O/c35-12-25-26(13-36)28(15-38)32(29(16-39)27(25)14-37)34(45)42-18-23-10-21(6-8-30(23)40)22-7-9-31-24(11-22)33(44-19-43-31)41-17-20-4-2-1-3-5-20/h1-11,19H,12-18H2,(H,42,45)(H,41,43,44). The molecule has 0 fully saturated rings. The summed E-state index contributed by atoms with van der Waals surface area (Å²) in [6.07, 6.45) is 1.45. The normalized spacial score (nSPS) is 11.2. The minimum Gasteiger partial charge on any atom is -0.365 e. The highest BCUT2D eigenvalue weighted by Gasteiger charge is 2.27. The van der Waals surface area contributed by atoms with Crippen molar-refractivity contribution in [2.45, 2.75) is 46.5 Å². The van der Waals surface area contributed by atoms with Crippen molar-refractivity contribution in [3.63, 3.8) is 0 Å². The topological polar surface area (TPSA) is 66.9 Å². The van der Waals surface area contributed by atoms with Crippen LogP contribution < -0.4 is 10.6 Å². The minimum absolute atomic E-state index is 0.0492. The van der Waals surface area contributed by atoms with E-state index in [-0.39, 0.29) is 5.56 Å². The highest BCUT2D eigenvalue weighted by molar-refractivity contribution is 5.98. The van der Waals surface area contributed by atoms with Crippen molar-refractivity contribution < 1.29 is 31.1 Å². The molecule has 0 aliphatic carbocycles. The maximum absolute atomic E-state index is 14.9. The average Bonchev–Trinajstić information content (AvgIpc) is 3.08. The number of carbonyl (C=O) groups excluding carboxylic acids is 1. The van der Waals surface area contributed by atoms with Crippen LogP contribution in [0.3, 0.4) is 0 Å². The highest BCUT2D eigenvalue weighted by atomic mass is 19.1. The van der Waals surface area contributed by atoms with Crippen molar-refractivity contribution in [1.29, 1.82) is 0 Å². The van der Waals surface area contributed by atoms with Crippen LogP contribution in [0.4, 0.5) is 32.2 Å². The number of anilines is 1. The van der Waals surface area contributed by atoms with E-state index < -0.39 is 85.0 Å². The van der Waals surface area contributed by atoms with Gasteiger partial charge < -0.3 is 10.6 Å². The van der Waals surface area contributed by atoms with E-state index in [0.717, 1.165) is 10.9 Å². The fourth-order valence-electron chi connectivity index (χ4n) is 5.40. The predicted molar refractivity (Wildman–Crippen MR) is 160 cm³/mol. The van der Waals surface area contributed by atoms with Gasteiger partial charge in [0.1, 0.15) is 51.3 Å². The second-order valence-corrected chi connectivity index (χ2v) is 10.2. The van der Waals surface area contributed by atoms with E-state index in [9.17, 15) is 31.1 Å². The van der Waals surface area contributed by atoms with E-state index in [0.29, 0.717) is 29.0 Å². The molecule has 1 amide bonds. The third-order valence-corrected chi connectivity index (χ3v) is 7.71. The predicted octanol–water partition coefficient (Wildman–Crippen LogP) is 8.33. The molecule has 1 aromatic heterocycles. The van der Waals surface area contributed by atoms with Crippen LogP contribution in [0.1, 0.15) is 49.3 Å². The summed E-state index contributed by atoms with van der Waals surface area (Å²) in [6.45, 7) is -6.81. The highest BCUT2D eigenvalue weighted by Crippen LogP contribution is 2.33. The van der Waals surface area contributed by atoms with Gasteiger partial charge in [0.05, 0.1) is 11.1 Å². The Hall–Kier alpha value is -4.93. The number of alkyl halides is 5. The first kappa shape index (κ1) is 31.5. The Kier molecular flexibility index (Phi) is 9.96. The second kappa shape index (κ2) is 14.2. The van der Waals surface area contributed by atoms with Crippen LogP contribution in [0.25, 0.3) is 22.0 Å². The number of benzene rings is 4. The summed E-state index contributed by atoms with van der Waals surface area (Å²) in [7, 11) is 0. The molecule has 0 saturated heterocycles. The maximum atomic E-state index is 14.9. The third-order valence-electron chi connectivity index (χ3n) is 7.71.